The van der Waals surface area contributed by atoms with Crippen molar-refractivity contribution in [1.29, 1.82) is 0 Å². The Labute approximate surface area is 139 Å². The number of anilines is 1. The Morgan fingerprint density at radius 2 is 1.83 bits per heavy atom. The molecule has 0 aromatic heterocycles. The van der Waals surface area contributed by atoms with Crippen LogP contribution in [-0.2, 0) is 9.59 Å². The zero-order valence-electron chi connectivity index (χ0n) is 13.5. The molecule has 24 heavy (non-hydrogen) atoms. The van der Waals surface area contributed by atoms with Gasteiger partial charge in [0.05, 0.1) is 24.6 Å². The Bertz CT molecular complexity index is 684. The fourth-order valence-corrected chi connectivity index (χ4v) is 2.69. The van der Waals surface area contributed by atoms with E-state index in [1.54, 1.807) is 18.2 Å². The first-order valence-electron chi connectivity index (χ1n) is 7.56. The lowest BCUT2D eigenvalue weighted by atomic mass is 9.82. The molecule has 7 nitrogen and oxygen atoms in total. The van der Waals surface area contributed by atoms with Gasteiger partial charge in [-0.25, -0.2) is 0 Å². The van der Waals surface area contributed by atoms with E-state index >= 15 is 0 Å². The molecule has 2 unspecified atom stereocenters. The lowest BCUT2D eigenvalue weighted by molar-refractivity contribution is -0.146. The molecular weight excluding hydrogens is 312 g/mol. The van der Waals surface area contributed by atoms with Crippen LogP contribution in [0, 0.1) is 11.8 Å². The second-order valence-corrected chi connectivity index (χ2v) is 5.48. The fraction of sp³-hybridized carbons (Fsp3) is 0.353. The lowest BCUT2D eigenvalue weighted by Gasteiger charge is -2.24. The zero-order valence-corrected chi connectivity index (χ0v) is 13.5. The van der Waals surface area contributed by atoms with Crippen molar-refractivity contribution in [1.82, 2.24) is 5.32 Å². The minimum Gasteiger partial charge on any atom is -0.495 e. The van der Waals surface area contributed by atoms with Gasteiger partial charge in [0.15, 0.2) is 0 Å². The number of amides is 2. The van der Waals surface area contributed by atoms with Gasteiger partial charge < -0.3 is 20.5 Å². The Hall–Kier alpha value is -2.83. The summed E-state index contributed by atoms with van der Waals surface area (Å²) in [6, 6.07) is 4.66. The van der Waals surface area contributed by atoms with Gasteiger partial charge in [-0.15, -0.1) is 0 Å². The summed E-state index contributed by atoms with van der Waals surface area (Å²) in [5.74, 6) is -2.72. The Balaban J connectivity index is 2.25. The van der Waals surface area contributed by atoms with E-state index in [0.29, 0.717) is 29.8 Å². The average molecular weight is 332 g/mol. The lowest BCUT2D eigenvalue weighted by Crippen LogP contribution is -2.34. The summed E-state index contributed by atoms with van der Waals surface area (Å²) in [5.41, 5.74) is 0.703. The molecule has 0 saturated carbocycles. The van der Waals surface area contributed by atoms with E-state index in [4.69, 9.17) is 4.74 Å². The van der Waals surface area contributed by atoms with Crippen molar-refractivity contribution in [2.45, 2.75) is 12.8 Å². The van der Waals surface area contributed by atoms with Gasteiger partial charge in [0.2, 0.25) is 5.91 Å². The Kier molecular flexibility index (Phi) is 5.57. The minimum absolute atomic E-state index is 0.294. The molecule has 0 fully saturated rings. The monoisotopic (exact) mass is 332 g/mol. The van der Waals surface area contributed by atoms with E-state index in [0.717, 1.165) is 0 Å². The first kappa shape index (κ1) is 17.5. The molecule has 2 atom stereocenters. The highest BCUT2D eigenvalue weighted by Gasteiger charge is 2.34. The van der Waals surface area contributed by atoms with Gasteiger partial charge in [-0.05, 0) is 31.0 Å². The summed E-state index contributed by atoms with van der Waals surface area (Å²) < 4.78 is 5.20. The maximum absolute atomic E-state index is 12.5. The molecule has 1 aliphatic rings. The maximum Gasteiger partial charge on any atom is 0.307 e. The van der Waals surface area contributed by atoms with E-state index in [2.05, 4.69) is 10.6 Å². The predicted octanol–water partition coefficient (Wildman–Crippen LogP) is 1.66. The van der Waals surface area contributed by atoms with Crippen molar-refractivity contribution < 1.29 is 24.2 Å². The zero-order chi connectivity index (χ0) is 17.7. The van der Waals surface area contributed by atoms with Gasteiger partial charge in [-0.3, -0.25) is 14.4 Å². The molecule has 0 aliphatic heterocycles. The highest BCUT2D eigenvalue weighted by Crippen LogP contribution is 2.30. The number of carbonyl (C=O) groups is 3. The molecule has 7 heteroatoms. The first-order valence-corrected chi connectivity index (χ1v) is 7.56. The summed E-state index contributed by atoms with van der Waals surface area (Å²) >= 11 is 0. The van der Waals surface area contributed by atoms with Crippen molar-refractivity contribution in [3.8, 4) is 5.75 Å². The standard InChI is InChI=1S/C17H20N2O5/c1-18-15(20)10-7-8-14(24-2)13(9-10)19-16(21)11-5-3-4-6-12(11)17(22)23/h3-4,7-9,11-12H,5-6H2,1-2H3,(H,18,20)(H,19,21)(H,22,23). The van der Waals surface area contributed by atoms with Gasteiger partial charge in [0.1, 0.15) is 5.75 Å². The molecule has 0 heterocycles. The maximum atomic E-state index is 12.5. The number of carbonyl (C=O) groups excluding carboxylic acids is 2. The van der Waals surface area contributed by atoms with Gasteiger partial charge in [0.25, 0.3) is 5.91 Å². The van der Waals surface area contributed by atoms with Crippen molar-refractivity contribution >= 4 is 23.5 Å². The molecule has 128 valence electrons. The first-order chi connectivity index (χ1) is 11.5. The van der Waals surface area contributed by atoms with Crippen LogP contribution in [0.3, 0.4) is 0 Å². The number of rotatable bonds is 5. The Morgan fingerprint density at radius 1 is 1.17 bits per heavy atom. The molecule has 1 aromatic carbocycles. The van der Waals surface area contributed by atoms with Crippen LogP contribution in [-0.4, -0.2) is 37.0 Å². The third kappa shape index (κ3) is 3.73. The van der Waals surface area contributed by atoms with Gasteiger partial charge >= 0.3 is 5.97 Å². The fourth-order valence-electron chi connectivity index (χ4n) is 2.69. The number of hydrogen-bond donors (Lipinski definition) is 3. The van der Waals surface area contributed by atoms with Crippen LogP contribution in [0.5, 0.6) is 5.75 Å². The molecule has 0 spiro atoms. The summed E-state index contributed by atoms with van der Waals surface area (Å²) in [6.07, 6.45) is 4.26. The normalized spacial score (nSPS) is 19.4. The van der Waals surface area contributed by atoms with Gasteiger partial charge in [-0.2, -0.15) is 0 Å². The second kappa shape index (κ2) is 7.63. The minimum atomic E-state index is -0.995. The van der Waals surface area contributed by atoms with Gasteiger partial charge in [-0.1, -0.05) is 12.2 Å². The third-order valence-electron chi connectivity index (χ3n) is 4.03. The molecular formula is C17H20N2O5. The summed E-state index contributed by atoms with van der Waals surface area (Å²) in [5, 5.41) is 14.5. The molecule has 3 N–H and O–H groups in total. The number of aliphatic carboxylic acids is 1. The Morgan fingerprint density at radius 3 is 2.42 bits per heavy atom. The number of ether oxygens (including phenoxy) is 1. The smallest absolute Gasteiger partial charge is 0.307 e. The quantitative estimate of drug-likeness (QED) is 0.711. The van der Waals surface area contributed by atoms with Crippen LogP contribution < -0.4 is 15.4 Å². The molecule has 2 amide bonds. The van der Waals surface area contributed by atoms with Crippen LogP contribution >= 0.6 is 0 Å². The SMILES string of the molecule is CNC(=O)c1ccc(OC)c(NC(=O)C2CC=CCC2C(=O)O)c1. The highest BCUT2D eigenvalue weighted by atomic mass is 16.5. The molecule has 0 radical (unpaired) electrons. The molecule has 1 aromatic rings. The van der Waals surface area contributed by atoms with Crippen molar-refractivity contribution in [2.75, 3.05) is 19.5 Å². The van der Waals surface area contributed by atoms with Crippen LogP contribution in [0.4, 0.5) is 5.69 Å². The number of benzene rings is 1. The average Bonchev–Trinajstić information content (AvgIpc) is 2.60. The molecule has 0 bridgehead atoms. The van der Waals surface area contributed by atoms with E-state index in [1.165, 1.54) is 20.2 Å². The van der Waals surface area contributed by atoms with E-state index < -0.39 is 23.7 Å². The number of allylic oxidation sites excluding steroid dienone is 2. The van der Waals surface area contributed by atoms with Crippen LogP contribution in [0.1, 0.15) is 23.2 Å². The number of hydrogen-bond acceptors (Lipinski definition) is 4. The number of methoxy groups -OCH3 is 1. The number of nitrogens with one attached hydrogen (secondary N) is 2. The summed E-state index contributed by atoms with van der Waals surface area (Å²) in [4.78, 5) is 35.6. The number of carboxylic acids is 1. The number of carboxylic acid groups (broad SMARTS) is 1. The summed E-state index contributed by atoms with van der Waals surface area (Å²) in [6.45, 7) is 0. The van der Waals surface area contributed by atoms with E-state index in [9.17, 15) is 19.5 Å². The van der Waals surface area contributed by atoms with Crippen molar-refractivity contribution in [2.24, 2.45) is 11.8 Å². The van der Waals surface area contributed by atoms with Gasteiger partial charge in [0, 0.05) is 12.6 Å². The molecule has 1 aliphatic carbocycles. The van der Waals surface area contributed by atoms with Crippen molar-refractivity contribution in [3.63, 3.8) is 0 Å². The van der Waals surface area contributed by atoms with Crippen LogP contribution in [0.2, 0.25) is 0 Å². The van der Waals surface area contributed by atoms with Crippen LogP contribution in [0.15, 0.2) is 30.4 Å². The van der Waals surface area contributed by atoms with E-state index in [1.807, 2.05) is 6.08 Å². The van der Waals surface area contributed by atoms with Crippen molar-refractivity contribution in [3.05, 3.63) is 35.9 Å². The predicted molar refractivity (Wildman–Crippen MR) is 88.0 cm³/mol. The second-order valence-electron chi connectivity index (χ2n) is 5.48. The molecule has 2 rings (SSSR count). The van der Waals surface area contributed by atoms with Crippen LogP contribution in [0.25, 0.3) is 0 Å². The topological polar surface area (TPSA) is 105 Å². The van der Waals surface area contributed by atoms with E-state index in [-0.39, 0.29) is 5.91 Å². The molecule has 0 saturated heterocycles. The highest BCUT2D eigenvalue weighted by molar-refractivity contribution is 5.99. The third-order valence-corrected chi connectivity index (χ3v) is 4.03. The summed E-state index contributed by atoms with van der Waals surface area (Å²) in [7, 11) is 2.96. The largest absolute Gasteiger partial charge is 0.495 e.